The molecule has 2 amide bonds. The van der Waals surface area contributed by atoms with Gasteiger partial charge in [0.1, 0.15) is 24.5 Å². The maximum Gasteiger partial charge on any atom is 0.308 e. The van der Waals surface area contributed by atoms with Gasteiger partial charge in [0.2, 0.25) is 5.91 Å². The van der Waals surface area contributed by atoms with Crippen molar-refractivity contribution in [3.63, 3.8) is 0 Å². The zero-order valence-electron chi connectivity index (χ0n) is 19.1. The molecule has 1 aromatic carbocycles. The van der Waals surface area contributed by atoms with Crippen LogP contribution in [0.2, 0.25) is 0 Å². The molecule has 3 rings (SSSR count). The number of halogens is 1. The Morgan fingerprint density at radius 2 is 2.00 bits per heavy atom. The summed E-state index contributed by atoms with van der Waals surface area (Å²) in [6.07, 6.45) is 4.73. The van der Waals surface area contributed by atoms with Crippen molar-refractivity contribution in [3.05, 3.63) is 28.2 Å². The summed E-state index contributed by atoms with van der Waals surface area (Å²) in [6, 6.07) is 4.09. The smallest absolute Gasteiger partial charge is 0.308 e. The van der Waals surface area contributed by atoms with Gasteiger partial charge in [0, 0.05) is 25.8 Å². The van der Waals surface area contributed by atoms with Crippen LogP contribution in [0.4, 0.5) is 0 Å². The molecule has 2 N–H and O–H groups in total. The molecule has 2 fully saturated rings. The number of nitrogens with one attached hydrogen (secondary N) is 2. The van der Waals surface area contributed by atoms with Crippen molar-refractivity contribution in [2.45, 2.75) is 50.7 Å². The molecule has 34 heavy (non-hydrogen) atoms. The second kappa shape index (κ2) is 13.0. The van der Waals surface area contributed by atoms with Crippen LogP contribution in [0.1, 0.15) is 48.9 Å². The molecule has 1 aromatic rings. The van der Waals surface area contributed by atoms with Gasteiger partial charge in [-0.15, -0.1) is 0 Å². The highest BCUT2D eigenvalue weighted by Gasteiger charge is 2.35. The Balaban J connectivity index is 1.59. The minimum atomic E-state index is -0.832. The lowest BCUT2D eigenvalue weighted by Crippen LogP contribution is -2.60. The highest BCUT2D eigenvalue weighted by atomic mass is 79.9. The van der Waals surface area contributed by atoms with Crippen LogP contribution in [0.15, 0.2) is 22.7 Å². The fourth-order valence-corrected chi connectivity index (χ4v) is 4.78. The number of thiocarbonyl (C=S) groups is 1. The van der Waals surface area contributed by atoms with Gasteiger partial charge in [0.25, 0.3) is 5.91 Å². The maximum atomic E-state index is 12.8. The Morgan fingerprint density at radius 1 is 1.24 bits per heavy atom. The van der Waals surface area contributed by atoms with E-state index in [2.05, 4.69) is 26.6 Å². The molecule has 11 heteroatoms. The van der Waals surface area contributed by atoms with E-state index in [0.717, 1.165) is 32.1 Å². The van der Waals surface area contributed by atoms with E-state index < -0.39 is 17.9 Å². The van der Waals surface area contributed by atoms with Gasteiger partial charge in [-0.2, -0.15) is 0 Å². The molecule has 1 heterocycles. The number of carbonyl (C=O) groups excluding carboxylic acids is 3. The van der Waals surface area contributed by atoms with Gasteiger partial charge >= 0.3 is 5.97 Å². The Morgan fingerprint density at radius 3 is 2.71 bits per heavy atom. The van der Waals surface area contributed by atoms with Gasteiger partial charge in [-0.1, -0.05) is 6.42 Å². The molecule has 1 aliphatic carbocycles. The summed E-state index contributed by atoms with van der Waals surface area (Å²) >= 11 is 8.84. The lowest BCUT2D eigenvalue weighted by atomic mass is 9.98. The Hall–Kier alpha value is -2.24. The van der Waals surface area contributed by atoms with Crippen LogP contribution in [-0.2, 0) is 19.1 Å². The first-order chi connectivity index (χ1) is 16.4. The number of amides is 2. The number of nitrogens with zero attached hydrogens (tertiary/aromatic N) is 1. The van der Waals surface area contributed by atoms with Crippen molar-refractivity contribution < 1.29 is 28.6 Å². The van der Waals surface area contributed by atoms with Crippen molar-refractivity contribution in [1.29, 1.82) is 0 Å². The molecule has 1 saturated heterocycles. The fraction of sp³-hybridized carbons (Fsp3) is 0.565. The summed E-state index contributed by atoms with van der Waals surface area (Å²) in [7, 11) is 1.59. The van der Waals surface area contributed by atoms with Crippen LogP contribution in [0.5, 0.6) is 5.75 Å². The van der Waals surface area contributed by atoms with Crippen LogP contribution in [0, 0.1) is 0 Å². The molecule has 9 nitrogen and oxygen atoms in total. The topological polar surface area (TPSA) is 106 Å². The number of piperazine rings is 1. The Labute approximate surface area is 213 Å². The first kappa shape index (κ1) is 26.4. The quantitative estimate of drug-likeness (QED) is 0.286. The van der Waals surface area contributed by atoms with Crippen LogP contribution in [0.3, 0.4) is 0 Å². The van der Waals surface area contributed by atoms with E-state index in [-0.39, 0.29) is 23.5 Å². The van der Waals surface area contributed by atoms with E-state index in [4.69, 9.17) is 26.4 Å². The van der Waals surface area contributed by atoms with Gasteiger partial charge in [-0.05, 0) is 72.0 Å². The lowest BCUT2D eigenvalue weighted by molar-refractivity contribution is -0.153. The highest BCUT2D eigenvalue weighted by Crippen LogP contribution is 2.26. The first-order valence-corrected chi connectivity index (χ1v) is 12.6. The lowest BCUT2D eigenvalue weighted by Gasteiger charge is -2.36. The van der Waals surface area contributed by atoms with Crippen LogP contribution in [0.25, 0.3) is 0 Å². The molecule has 1 aliphatic heterocycles. The van der Waals surface area contributed by atoms with Gasteiger partial charge in [0.15, 0.2) is 5.11 Å². The normalized spacial score (nSPS) is 18.7. The zero-order chi connectivity index (χ0) is 24.5. The zero-order valence-corrected chi connectivity index (χ0v) is 21.5. The van der Waals surface area contributed by atoms with Crippen molar-refractivity contribution in [2.75, 3.05) is 33.4 Å². The van der Waals surface area contributed by atoms with E-state index in [1.54, 1.807) is 30.2 Å². The summed E-state index contributed by atoms with van der Waals surface area (Å²) in [4.78, 5) is 39.4. The van der Waals surface area contributed by atoms with Crippen molar-refractivity contribution >= 4 is 51.0 Å². The molecule has 0 aromatic heterocycles. The van der Waals surface area contributed by atoms with Crippen molar-refractivity contribution in [1.82, 2.24) is 15.5 Å². The Bertz CT molecular complexity index is 909. The molecule has 1 unspecified atom stereocenters. The third kappa shape index (κ3) is 7.38. The second-order valence-electron chi connectivity index (χ2n) is 8.20. The number of hydrogen-bond donors (Lipinski definition) is 2. The standard InChI is InChI=1S/C23H30BrN3O6S/c1-31-11-12-32-19-8-7-15(13-17(19)24)21(29)26-23(34)27-10-9-25-22(30)18(27)14-20(28)33-16-5-3-2-4-6-16/h7-8,13,16,18H,2-6,9-12,14H2,1H3,(H,25,30)(H,26,29,34). The van der Waals surface area contributed by atoms with Gasteiger partial charge in [0.05, 0.1) is 17.5 Å². The third-order valence-electron chi connectivity index (χ3n) is 5.76. The molecule has 0 radical (unpaired) electrons. The third-order valence-corrected chi connectivity index (χ3v) is 6.72. The van der Waals surface area contributed by atoms with Crippen LogP contribution >= 0.6 is 28.1 Å². The summed E-state index contributed by atoms with van der Waals surface area (Å²) in [5.41, 5.74) is 0.364. The molecule has 1 atom stereocenters. The van der Waals surface area contributed by atoms with Crippen LogP contribution in [-0.4, -0.2) is 73.4 Å². The van der Waals surface area contributed by atoms with Crippen molar-refractivity contribution in [3.8, 4) is 5.75 Å². The summed E-state index contributed by atoms with van der Waals surface area (Å²) in [5, 5.41) is 5.52. The van der Waals surface area contributed by atoms with E-state index >= 15 is 0 Å². The average Bonchev–Trinajstić information content (AvgIpc) is 2.82. The van der Waals surface area contributed by atoms with Gasteiger partial charge in [-0.3, -0.25) is 19.7 Å². The minimum absolute atomic E-state index is 0.0897. The monoisotopic (exact) mass is 555 g/mol. The fourth-order valence-electron chi connectivity index (χ4n) is 3.97. The van der Waals surface area contributed by atoms with E-state index in [0.29, 0.717) is 42.1 Å². The molecule has 186 valence electrons. The number of methoxy groups -OCH3 is 1. The number of benzene rings is 1. The summed E-state index contributed by atoms with van der Waals surface area (Å²) in [6.45, 7) is 1.57. The predicted molar refractivity (Wildman–Crippen MR) is 133 cm³/mol. The molecule has 1 saturated carbocycles. The van der Waals surface area contributed by atoms with Crippen LogP contribution < -0.4 is 15.4 Å². The SMILES string of the molecule is COCCOc1ccc(C(=O)NC(=S)N2CCNC(=O)C2CC(=O)OC2CCCCC2)cc1Br. The first-order valence-electron chi connectivity index (χ1n) is 11.4. The van der Waals surface area contributed by atoms with Gasteiger partial charge < -0.3 is 24.4 Å². The highest BCUT2D eigenvalue weighted by molar-refractivity contribution is 9.10. The minimum Gasteiger partial charge on any atom is -0.490 e. The molecule has 2 aliphatic rings. The van der Waals surface area contributed by atoms with Crippen molar-refractivity contribution in [2.24, 2.45) is 0 Å². The van der Waals surface area contributed by atoms with E-state index in [1.807, 2.05) is 0 Å². The summed E-state index contributed by atoms with van der Waals surface area (Å²) in [5.74, 6) is -0.589. The second-order valence-corrected chi connectivity index (χ2v) is 9.44. The number of hydrogen-bond acceptors (Lipinski definition) is 7. The number of ether oxygens (including phenoxy) is 3. The largest absolute Gasteiger partial charge is 0.490 e. The molecule has 0 bridgehead atoms. The Kier molecular flexibility index (Phi) is 10.1. The molecular formula is C23H30BrN3O6S. The number of esters is 1. The molecule has 0 spiro atoms. The summed E-state index contributed by atoms with van der Waals surface area (Å²) < 4.78 is 16.7. The maximum absolute atomic E-state index is 12.8. The number of rotatable bonds is 8. The van der Waals surface area contributed by atoms with E-state index in [1.165, 1.54) is 0 Å². The average molecular weight is 556 g/mol. The predicted octanol–water partition coefficient (Wildman–Crippen LogP) is 2.56. The van der Waals surface area contributed by atoms with Gasteiger partial charge in [-0.25, -0.2) is 0 Å². The molecular weight excluding hydrogens is 526 g/mol. The number of carbonyl (C=O) groups is 3. The van der Waals surface area contributed by atoms with E-state index in [9.17, 15) is 14.4 Å².